The fourth-order valence-corrected chi connectivity index (χ4v) is 7.31. The predicted molar refractivity (Wildman–Crippen MR) is 315 cm³/mol. The first-order chi connectivity index (χ1) is 37.2. The minimum atomic E-state index is -4.81. The Morgan fingerprint density at radius 3 is 1.13 bits per heavy atom. The zero-order valence-electron chi connectivity index (χ0n) is 46.6. The second-order valence-corrected chi connectivity index (χ2v) is 19.1. The first-order valence-electron chi connectivity index (χ1n) is 28.0. The van der Waals surface area contributed by atoms with Crippen LogP contribution < -0.4 is 0 Å². The first kappa shape index (κ1) is 70.8. The number of aliphatic hydroxyl groups is 1. The molecule has 3 unspecified atom stereocenters. The summed E-state index contributed by atoms with van der Waals surface area (Å²) in [5.41, 5.74) is 0. The Morgan fingerprint density at radius 1 is 0.382 bits per heavy atom. The molecule has 0 bridgehead atoms. The molecule has 0 heterocycles. The van der Waals surface area contributed by atoms with Crippen molar-refractivity contribution in [3.63, 3.8) is 0 Å². The summed E-state index contributed by atoms with van der Waals surface area (Å²) in [5.74, 6) is -1.76. The Morgan fingerprint density at radius 2 is 0.711 bits per heavy atom. The van der Waals surface area contributed by atoms with Crippen LogP contribution in [-0.2, 0) is 42.2 Å². The van der Waals surface area contributed by atoms with Crippen molar-refractivity contribution in [2.75, 3.05) is 26.4 Å². The molecule has 2 N–H and O–H groups in total. The van der Waals surface area contributed by atoms with E-state index < -0.39 is 64.4 Å². The molecular weight excluding hydrogens is 976 g/mol. The highest BCUT2D eigenvalue weighted by Crippen LogP contribution is 2.43. The van der Waals surface area contributed by atoms with E-state index in [1.54, 1.807) is 6.08 Å². The third-order valence-corrected chi connectivity index (χ3v) is 11.6. The van der Waals surface area contributed by atoms with Gasteiger partial charge in [0.15, 0.2) is 6.10 Å². The topological polar surface area (TPSA) is 155 Å². The van der Waals surface area contributed by atoms with Gasteiger partial charge in [-0.2, -0.15) is 0 Å². The van der Waals surface area contributed by atoms with Crippen molar-refractivity contribution < 1.29 is 52.2 Å². The van der Waals surface area contributed by atoms with Crippen LogP contribution in [0.5, 0.6) is 0 Å². The number of ether oxygens (including phenoxy) is 3. The lowest BCUT2D eigenvalue weighted by Gasteiger charge is -2.21. The van der Waals surface area contributed by atoms with Crippen LogP contribution in [0.2, 0.25) is 0 Å². The smallest absolute Gasteiger partial charge is 0.461 e. The minimum absolute atomic E-state index is 0.0111. The Hall–Kier alpha value is -5.16. The van der Waals surface area contributed by atoms with E-state index in [1.807, 2.05) is 36.5 Å². The molecule has 424 valence electrons. The Bertz CT molecular complexity index is 1920. The van der Waals surface area contributed by atoms with Gasteiger partial charge in [-0.15, -0.1) is 0 Å². The predicted octanol–water partition coefficient (Wildman–Crippen LogP) is 16.7. The average Bonchev–Trinajstić information content (AvgIpc) is 3.41. The van der Waals surface area contributed by atoms with E-state index in [0.717, 1.165) is 109 Å². The van der Waals surface area contributed by atoms with Gasteiger partial charge in [0, 0.05) is 12.8 Å². The molecule has 0 radical (unpaired) electrons. The SMILES string of the molecule is CC/C=C\C/C=C\C/C=C\C/C=C\C/C=C\C/C=C\CCC(=O)OC(COC(=O)C/C=C\C/C=C\C/C=C\C/C=C\C/C=C\CC)COP(=O)(O)OCC(CO)OC(=O)CCCCCCC/C=C\C/C=C\C/C=C\CC. The maximum absolute atomic E-state index is 12.9. The van der Waals surface area contributed by atoms with Crippen molar-refractivity contribution in [3.8, 4) is 0 Å². The van der Waals surface area contributed by atoms with Gasteiger partial charge in [0.1, 0.15) is 12.7 Å². The van der Waals surface area contributed by atoms with Gasteiger partial charge >= 0.3 is 25.7 Å². The number of hydrogen-bond acceptors (Lipinski definition) is 10. The van der Waals surface area contributed by atoms with Crippen LogP contribution in [0.15, 0.2) is 170 Å². The second kappa shape index (κ2) is 56.1. The van der Waals surface area contributed by atoms with Gasteiger partial charge in [0.05, 0.1) is 26.2 Å². The summed E-state index contributed by atoms with van der Waals surface area (Å²) in [4.78, 5) is 48.4. The summed E-state index contributed by atoms with van der Waals surface area (Å²) in [6.07, 6.45) is 75.0. The number of carbonyl (C=O) groups excluding carboxylic acids is 3. The van der Waals surface area contributed by atoms with Crippen molar-refractivity contribution in [2.45, 2.75) is 187 Å². The van der Waals surface area contributed by atoms with E-state index in [0.29, 0.717) is 25.7 Å². The summed E-state index contributed by atoms with van der Waals surface area (Å²) >= 11 is 0. The van der Waals surface area contributed by atoms with Gasteiger partial charge in [0.25, 0.3) is 0 Å². The quantitative estimate of drug-likeness (QED) is 0.0197. The number of esters is 3. The lowest BCUT2D eigenvalue weighted by atomic mass is 10.1. The van der Waals surface area contributed by atoms with Gasteiger partial charge < -0.3 is 24.2 Å². The van der Waals surface area contributed by atoms with Crippen molar-refractivity contribution in [2.24, 2.45) is 0 Å². The highest BCUT2D eigenvalue weighted by Gasteiger charge is 2.28. The fourth-order valence-electron chi connectivity index (χ4n) is 6.53. The summed E-state index contributed by atoms with van der Waals surface area (Å²) in [7, 11) is -4.81. The lowest BCUT2D eigenvalue weighted by molar-refractivity contribution is -0.160. The van der Waals surface area contributed by atoms with Crippen molar-refractivity contribution in [3.05, 3.63) is 170 Å². The second-order valence-electron chi connectivity index (χ2n) is 17.6. The molecule has 0 aromatic carbocycles. The van der Waals surface area contributed by atoms with Gasteiger partial charge in [-0.05, 0) is 116 Å². The zero-order valence-corrected chi connectivity index (χ0v) is 47.5. The van der Waals surface area contributed by atoms with E-state index in [9.17, 15) is 28.9 Å². The van der Waals surface area contributed by atoms with E-state index in [1.165, 1.54) is 0 Å². The number of aliphatic hydroxyl groups excluding tert-OH is 1. The fraction of sp³-hybridized carbons (Fsp3) is 0.516. The highest BCUT2D eigenvalue weighted by molar-refractivity contribution is 7.47. The molecule has 76 heavy (non-hydrogen) atoms. The van der Waals surface area contributed by atoms with Crippen molar-refractivity contribution in [1.29, 1.82) is 0 Å². The van der Waals surface area contributed by atoms with Crippen LogP contribution in [0.1, 0.15) is 175 Å². The van der Waals surface area contributed by atoms with Gasteiger partial charge in [0.2, 0.25) is 0 Å². The molecule has 0 amide bonds. The largest absolute Gasteiger partial charge is 0.472 e. The lowest BCUT2D eigenvalue weighted by Crippen LogP contribution is -2.30. The molecule has 0 spiro atoms. The average molecular weight is 1070 g/mol. The molecule has 3 atom stereocenters. The van der Waals surface area contributed by atoms with Crippen LogP contribution in [0.4, 0.5) is 0 Å². The third kappa shape index (κ3) is 53.7. The number of phosphoric ester groups is 1. The summed E-state index contributed by atoms with van der Waals surface area (Å²) in [5, 5.41) is 9.81. The molecule has 12 heteroatoms. The molecule has 0 aliphatic carbocycles. The molecule has 0 saturated carbocycles. The monoisotopic (exact) mass is 1070 g/mol. The molecule has 0 aliphatic rings. The van der Waals surface area contributed by atoms with Crippen molar-refractivity contribution >= 4 is 25.7 Å². The van der Waals surface area contributed by atoms with E-state index in [4.69, 9.17) is 23.3 Å². The maximum atomic E-state index is 12.9. The summed E-state index contributed by atoms with van der Waals surface area (Å²) < 4.78 is 39.2. The molecular formula is C64H97O11P. The number of phosphoric acid groups is 1. The van der Waals surface area contributed by atoms with Crippen LogP contribution in [0.3, 0.4) is 0 Å². The van der Waals surface area contributed by atoms with Crippen LogP contribution in [0.25, 0.3) is 0 Å². The van der Waals surface area contributed by atoms with Gasteiger partial charge in [-0.25, -0.2) is 4.57 Å². The Kier molecular flexibility index (Phi) is 52.2. The standard InChI is InChI=1S/C64H97O11P/c1-4-7-10-13-16-19-22-25-28-29-30-31-34-37-40-43-46-49-52-55-64(68)75-61(57-71-62(66)53-50-47-44-41-38-35-32-26-23-20-17-14-11-8-5-2)59-73-76(69,70)72-58-60(56-65)74-63(67)54-51-48-45-42-39-36-33-27-24-21-18-15-12-9-6-3/h7-12,16-21,25-28,30-33,37-38,40-41,46-47,49-50,60-61,65H,4-6,13-15,22-24,29,34-36,39,42-45,48,51-59H2,1-3H3,(H,69,70)/b10-7-,11-8-,12-9-,19-16-,20-17-,21-18-,28-25-,31-30-,32-26-,33-27-,40-37-,41-38-,49-46-,50-47-. The number of rotatable bonds is 49. The maximum Gasteiger partial charge on any atom is 0.472 e. The van der Waals surface area contributed by atoms with Gasteiger partial charge in [-0.3, -0.25) is 23.4 Å². The summed E-state index contributed by atoms with van der Waals surface area (Å²) in [6.45, 7) is 4.05. The van der Waals surface area contributed by atoms with Crippen molar-refractivity contribution in [1.82, 2.24) is 0 Å². The zero-order chi connectivity index (χ0) is 55.5. The molecule has 0 rings (SSSR count). The number of hydrogen-bond donors (Lipinski definition) is 2. The molecule has 0 aromatic heterocycles. The minimum Gasteiger partial charge on any atom is -0.461 e. The number of carbonyl (C=O) groups is 3. The molecule has 11 nitrogen and oxygen atoms in total. The third-order valence-electron chi connectivity index (χ3n) is 10.7. The first-order valence-corrected chi connectivity index (χ1v) is 29.5. The normalized spacial score (nSPS) is 14.6. The Balaban J connectivity index is 4.99. The Labute approximate surface area is 459 Å². The highest BCUT2D eigenvalue weighted by atomic mass is 31.2. The van der Waals surface area contributed by atoms with Crippen LogP contribution in [0, 0.1) is 0 Å². The molecule has 0 aliphatic heterocycles. The van der Waals surface area contributed by atoms with E-state index in [-0.39, 0.29) is 19.3 Å². The molecule has 0 aromatic rings. The molecule has 0 fully saturated rings. The molecule has 0 saturated heterocycles. The summed E-state index contributed by atoms with van der Waals surface area (Å²) in [6, 6.07) is 0. The van der Waals surface area contributed by atoms with Gasteiger partial charge in [-0.1, -0.05) is 210 Å². The van der Waals surface area contributed by atoms with Crippen LogP contribution in [-0.4, -0.2) is 66.5 Å². The number of unbranched alkanes of at least 4 members (excludes halogenated alkanes) is 5. The van der Waals surface area contributed by atoms with E-state index in [2.05, 4.69) is 148 Å². The number of allylic oxidation sites excluding steroid dienone is 27. The van der Waals surface area contributed by atoms with E-state index >= 15 is 0 Å². The van der Waals surface area contributed by atoms with Crippen LogP contribution >= 0.6 is 7.82 Å².